The van der Waals surface area contributed by atoms with Gasteiger partial charge in [-0.1, -0.05) is 12.1 Å². The number of methoxy groups -OCH3 is 1. The summed E-state index contributed by atoms with van der Waals surface area (Å²) >= 11 is 0. The van der Waals surface area contributed by atoms with Crippen LogP contribution in [0.5, 0.6) is 0 Å². The van der Waals surface area contributed by atoms with Crippen LogP contribution in [0.4, 0.5) is 5.69 Å². The van der Waals surface area contributed by atoms with Crippen LogP contribution in [-0.4, -0.2) is 15.5 Å². The van der Waals surface area contributed by atoms with Crippen molar-refractivity contribution in [1.82, 2.24) is 0 Å². The molecule has 2 rings (SSSR count). The number of aryl methyl sites for hydroxylation is 1. The largest absolute Gasteiger partial charge is 0.464 e. The average molecular weight is 310 g/mol. The maximum Gasteiger partial charge on any atom is 0.265 e. The highest BCUT2D eigenvalue weighted by Crippen LogP contribution is 2.23. The molecule has 0 fully saturated rings. The lowest BCUT2D eigenvalue weighted by molar-refractivity contribution is 0.185. The predicted octanol–water partition coefficient (Wildman–Crippen LogP) is 1.99. The van der Waals surface area contributed by atoms with Crippen LogP contribution >= 0.6 is 0 Å². The molecule has 0 saturated carbocycles. The molecule has 0 radical (unpaired) electrons. The molecular weight excluding hydrogens is 292 g/mol. The molecule has 1 aromatic carbocycles. The number of benzene rings is 1. The van der Waals surface area contributed by atoms with E-state index in [1.807, 2.05) is 6.07 Å². The second kappa shape index (κ2) is 6.30. The van der Waals surface area contributed by atoms with Crippen molar-refractivity contribution in [2.75, 3.05) is 11.8 Å². The maximum atomic E-state index is 12.4. The third-order valence-corrected chi connectivity index (χ3v) is 4.39. The van der Waals surface area contributed by atoms with Crippen LogP contribution in [0, 0.1) is 6.92 Å². The molecule has 0 bridgehead atoms. The second-order valence-corrected chi connectivity index (χ2v) is 6.23. The molecule has 0 aliphatic rings. The van der Waals surface area contributed by atoms with Gasteiger partial charge in [0, 0.05) is 18.9 Å². The van der Waals surface area contributed by atoms with Crippen LogP contribution in [0.1, 0.15) is 17.1 Å². The quantitative estimate of drug-likeness (QED) is 0.851. The van der Waals surface area contributed by atoms with Gasteiger partial charge < -0.3 is 14.9 Å². The zero-order valence-electron chi connectivity index (χ0n) is 11.9. The van der Waals surface area contributed by atoms with E-state index < -0.39 is 10.0 Å². The number of sulfonamides is 1. The van der Waals surface area contributed by atoms with Crippen molar-refractivity contribution in [2.24, 2.45) is 5.73 Å². The van der Waals surface area contributed by atoms with Crippen LogP contribution in [-0.2, 0) is 27.9 Å². The summed E-state index contributed by atoms with van der Waals surface area (Å²) in [5, 5.41) is 0. The Morgan fingerprint density at radius 2 is 2.10 bits per heavy atom. The molecule has 0 aliphatic carbocycles. The Morgan fingerprint density at radius 3 is 2.71 bits per heavy atom. The first kappa shape index (κ1) is 15.6. The number of ether oxygens (including phenoxy) is 1. The molecule has 0 spiro atoms. The zero-order valence-corrected chi connectivity index (χ0v) is 12.7. The maximum absolute atomic E-state index is 12.4. The summed E-state index contributed by atoms with van der Waals surface area (Å²) in [5.41, 5.74) is 6.81. The van der Waals surface area contributed by atoms with Crippen molar-refractivity contribution >= 4 is 15.7 Å². The minimum absolute atomic E-state index is 0.0973. The number of hydrogen-bond acceptors (Lipinski definition) is 5. The lowest BCUT2D eigenvalue weighted by atomic mass is 10.2. The van der Waals surface area contributed by atoms with Crippen LogP contribution in [0.2, 0.25) is 0 Å². The van der Waals surface area contributed by atoms with Gasteiger partial charge in [0.05, 0.1) is 13.2 Å². The van der Waals surface area contributed by atoms with Crippen molar-refractivity contribution in [3.05, 3.63) is 47.4 Å². The highest BCUT2D eigenvalue weighted by Gasteiger charge is 2.21. The molecule has 7 heteroatoms. The Labute approximate surface area is 124 Å². The molecule has 0 atom stereocenters. The predicted molar refractivity (Wildman–Crippen MR) is 79.3 cm³/mol. The number of hydrogen-bond donors (Lipinski definition) is 2. The molecule has 114 valence electrons. The molecule has 21 heavy (non-hydrogen) atoms. The van der Waals surface area contributed by atoms with Gasteiger partial charge in [-0.05, 0) is 24.6 Å². The molecule has 6 nitrogen and oxygen atoms in total. The fourth-order valence-electron chi connectivity index (χ4n) is 1.99. The van der Waals surface area contributed by atoms with Gasteiger partial charge in [0.15, 0.2) is 0 Å². The summed E-state index contributed by atoms with van der Waals surface area (Å²) in [7, 11) is -2.12. The topological polar surface area (TPSA) is 94.6 Å². The van der Waals surface area contributed by atoms with E-state index in [2.05, 4.69) is 4.72 Å². The second-order valence-electron chi connectivity index (χ2n) is 4.58. The summed E-state index contributed by atoms with van der Waals surface area (Å²) in [6, 6.07) is 8.46. The van der Waals surface area contributed by atoms with E-state index in [0.717, 1.165) is 5.56 Å². The van der Waals surface area contributed by atoms with Gasteiger partial charge in [-0.25, -0.2) is 8.42 Å². The molecule has 0 saturated heterocycles. The molecule has 0 aliphatic heterocycles. The van der Waals surface area contributed by atoms with Crippen molar-refractivity contribution in [2.45, 2.75) is 25.0 Å². The molecule has 1 aromatic heterocycles. The van der Waals surface area contributed by atoms with Crippen LogP contribution in [0.15, 0.2) is 39.6 Å². The standard InChI is InChI=1S/C14H18N2O4S/c1-10-14(7-13(8-15)20-10)21(17,18)16-12-5-3-4-11(6-12)9-19-2/h3-7,16H,8-9,15H2,1-2H3. The summed E-state index contributed by atoms with van der Waals surface area (Å²) in [6.07, 6.45) is 0. The summed E-state index contributed by atoms with van der Waals surface area (Å²) in [4.78, 5) is 0.0973. The lowest BCUT2D eigenvalue weighted by Crippen LogP contribution is -2.13. The minimum Gasteiger partial charge on any atom is -0.464 e. The molecule has 0 unspecified atom stereocenters. The van der Waals surface area contributed by atoms with Gasteiger partial charge in [0.1, 0.15) is 16.4 Å². The minimum atomic E-state index is -3.71. The van der Waals surface area contributed by atoms with E-state index in [1.165, 1.54) is 6.07 Å². The van der Waals surface area contributed by atoms with Gasteiger partial charge in [-0.15, -0.1) is 0 Å². The third-order valence-electron chi connectivity index (χ3n) is 2.90. The number of nitrogens with one attached hydrogen (secondary N) is 1. The van der Waals surface area contributed by atoms with Crippen molar-refractivity contribution < 1.29 is 17.6 Å². The highest BCUT2D eigenvalue weighted by molar-refractivity contribution is 7.92. The Hall–Kier alpha value is -1.83. The Balaban J connectivity index is 2.28. The molecule has 2 aromatic rings. The Kier molecular flexibility index (Phi) is 4.66. The molecule has 0 amide bonds. The first-order chi connectivity index (χ1) is 9.96. The van der Waals surface area contributed by atoms with Gasteiger partial charge in [-0.3, -0.25) is 4.72 Å². The van der Waals surface area contributed by atoms with Crippen LogP contribution in [0.3, 0.4) is 0 Å². The monoisotopic (exact) mass is 310 g/mol. The normalized spacial score (nSPS) is 11.6. The fraction of sp³-hybridized carbons (Fsp3) is 0.286. The summed E-state index contributed by atoms with van der Waals surface area (Å²) in [6.45, 7) is 2.16. The number of rotatable bonds is 6. The molecular formula is C14H18N2O4S. The van der Waals surface area contributed by atoms with E-state index in [-0.39, 0.29) is 11.4 Å². The SMILES string of the molecule is COCc1cccc(NS(=O)(=O)c2cc(CN)oc2C)c1. The Bertz CT molecular complexity index is 722. The van der Waals surface area contributed by atoms with E-state index >= 15 is 0 Å². The highest BCUT2D eigenvalue weighted by atomic mass is 32.2. The number of furan rings is 1. The van der Waals surface area contributed by atoms with Gasteiger partial charge in [0.25, 0.3) is 10.0 Å². The third kappa shape index (κ3) is 3.63. The van der Waals surface area contributed by atoms with E-state index in [4.69, 9.17) is 14.9 Å². The Morgan fingerprint density at radius 1 is 1.33 bits per heavy atom. The number of nitrogens with two attached hydrogens (primary N) is 1. The van der Waals surface area contributed by atoms with Gasteiger partial charge >= 0.3 is 0 Å². The molecule has 1 heterocycles. The van der Waals surface area contributed by atoms with E-state index in [1.54, 1.807) is 32.2 Å². The van der Waals surface area contributed by atoms with Gasteiger partial charge in [-0.2, -0.15) is 0 Å². The van der Waals surface area contributed by atoms with Crippen LogP contribution in [0.25, 0.3) is 0 Å². The summed E-state index contributed by atoms with van der Waals surface area (Å²) in [5.74, 6) is 0.747. The van der Waals surface area contributed by atoms with Crippen LogP contribution < -0.4 is 10.5 Å². The molecule has 3 N–H and O–H groups in total. The fourth-order valence-corrected chi connectivity index (χ4v) is 3.25. The van der Waals surface area contributed by atoms with Crippen molar-refractivity contribution in [3.63, 3.8) is 0 Å². The summed E-state index contributed by atoms with van der Waals surface area (Å²) < 4.78 is 37.6. The van der Waals surface area contributed by atoms with Gasteiger partial charge in [0.2, 0.25) is 0 Å². The first-order valence-corrected chi connectivity index (χ1v) is 7.84. The average Bonchev–Trinajstić information content (AvgIpc) is 2.81. The first-order valence-electron chi connectivity index (χ1n) is 6.36. The van der Waals surface area contributed by atoms with Crippen molar-refractivity contribution in [3.8, 4) is 0 Å². The lowest BCUT2D eigenvalue weighted by Gasteiger charge is -2.08. The zero-order chi connectivity index (χ0) is 15.5. The smallest absolute Gasteiger partial charge is 0.265 e. The number of anilines is 1. The van der Waals surface area contributed by atoms with E-state index in [9.17, 15) is 8.42 Å². The van der Waals surface area contributed by atoms with E-state index in [0.29, 0.717) is 23.8 Å². The van der Waals surface area contributed by atoms with Crippen molar-refractivity contribution in [1.29, 1.82) is 0 Å².